The molecule has 0 bridgehead atoms. The second-order valence-electron chi connectivity index (χ2n) is 4.78. The van der Waals surface area contributed by atoms with Crippen LogP contribution in [0.1, 0.15) is 24.1 Å². The van der Waals surface area contributed by atoms with Crippen molar-refractivity contribution in [3.05, 3.63) is 64.4 Å². The molecule has 0 saturated heterocycles. The number of hydrogen-bond acceptors (Lipinski definition) is 2. The van der Waals surface area contributed by atoms with Gasteiger partial charge in [0.2, 0.25) is 0 Å². The van der Waals surface area contributed by atoms with E-state index >= 15 is 0 Å². The standard InChI is InChI=1S/C16H18BrN3O/c1-12(14-3-2-4-15(17)11-14)20-16(21)19-10-7-13-5-8-18-9-6-13/h2-6,8-9,11-12H,7,10H2,1H3,(H2,19,20,21)/t12-/m0/s1. The molecule has 4 nitrogen and oxygen atoms in total. The minimum Gasteiger partial charge on any atom is -0.338 e. The van der Waals surface area contributed by atoms with Gasteiger partial charge < -0.3 is 10.6 Å². The van der Waals surface area contributed by atoms with Crippen LogP contribution in [0.3, 0.4) is 0 Å². The maximum Gasteiger partial charge on any atom is 0.315 e. The minimum atomic E-state index is -0.156. The lowest BCUT2D eigenvalue weighted by Gasteiger charge is -2.15. The third-order valence-corrected chi connectivity index (χ3v) is 3.64. The van der Waals surface area contributed by atoms with Crippen LogP contribution in [0.15, 0.2) is 53.3 Å². The number of halogens is 1. The second kappa shape index (κ2) is 7.78. The van der Waals surface area contributed by atoms with Gasteiger partial charge in [-0.3, -0.25) is 4.98 Å². The Morgan fingerprint density at radius 2 is 2.05 bits per heavy atom. The molecule has 1 atom stereocenters. The first-order chi connectivity index (χ1) is 10.1. The van der Waals surface area contributed by atoms with E-state index in [1.165, 1.54) is 0 Å². The van der Waals surface area contributed by atoms with Gasteiger partial charge in [0.05, 0.1) is 6.04 Å². The lowest BCUT2D eigenvalue weighted by Crippen LogP contribution is -2.38. The van der Waals surface area contributed by atoms with E-state index in [2.05, 4.69) is 31.5 Å². The Kier molecular flexibility index (Phi) is 5.75. The van der Waals surface area contributed by atoms with Crippen LogP contribution in [0.4, 0.5) is 4.79 Å². The quantitative estimate of drug-likeness (QED) is 0.870. The summed E-state index contributed by atoms with van der Waals surface area (Å²) in [5, 5.41) is 5.79. The van der Waals surface area contributed by atoms with E-state index in [4.69, 9.17) is 0 Å². The summed E-state index contributed by atoms with van der Waals surface area (Å²) in [5.74, 6) is 0. The Balaban J connectivity index is 1.76. The van der Waals surface area contributed by atoms with Crippen LogP contribution in [-0.2, 0) is 6.42 Å². The molecule has 0 spiro atoms. The highest BCUT2D eigenvalue weighted by atomic mass is 79.9. The van der Waals surface area contributed by atoms with Crippen molar-refractivity contribution in [3.63, 3.8) is 0 Å². The Labute approximate surface area is 133 Å². The SMILES string of the molecule is C[C@H](NC(=O)NCCc1ccncc1)c1cccc(Br)c1. The summed E-state index contributed by atoms with van der Waals surface area (Å²) < 4.78 is 1.01. The molecule has 21 heavy (non-hydrogen) atoms. The first-order valence-electron chi connectivity index (χ1n) is 6.84. The van der Waals surface area contributed by atoms with E-state index in [9.17, 15) is 4.79 Å². The van der Waals surface area contributed by atoms with Crippen LogP contribution in [0.5, 0.6) is 0 Å². The fourth-order valence-corrected chi connectivity index (χ4v) is 2.39. The second-order valence-corrected chi connectivity index (χ2v) is 5.70. The number of urea groups is 1. The van der Waals surface area contributed by atoms with Crippen molar-refractivity contribution < 1.29 is 4.79 Å². The molecule has 1 aromatic carbocycles. The van der Waals surface area contributed by atoms with Crippen molar-refractivity contribution in [2.45, 2.75) is 19.4 Å². The van der Waals surface area contributed by atoms with Gasteiger partial charge in [-0.2, -0.15) is 0 Å². The molecule has 0 radical (unpaired) electrons. The Morgan fingerprint density at radius 3 is 2.76 bits per heavy atom. The largest absolute Gasteiger partial charge is 0.338 e. The number of nitrogens with zero attached hydrogens (tertiary/aromatic N) is 1. The molecule has 2 N–H and O–H groups in total. The number of carbonyl (C=O) groups excluding carboxylic acids is 1. The third kappa shape index (κ3) is 5.19. The Bertz CT molecular complexity index is 589. The van der Waals surface area contributed by atoms with Crippen molar-refractivity contribution in [2.24, 2.45) is 0 Å². The summed E-state index contributed by atoms with van der Waals surface area (Å²) in [5.41, 5.74) is 2.22. The zero-order chi connectivity index (χ0) is 15.1. The smallest absolute Gasteiger partial charge is 0.315 e. The van der Waals surface area contributed by atoms with Gasteiger partial charge >= 0.3 is 6.03 Å². The number of benzene rings is 1. The van der Waals surface area contributed by atoms with Gasteiger partial charge in [-0.1, -0.05) is 28.1 Å². The maximum atomic E-state index is 11.9. The molecule has 110 valence electrons. The summed E-state index contributed by atoms with van der Waals surface area (Å²) in [6, 6.07) is 11.6. The summed E-state index contributed by atoms with van der Waals surface area (Å²) in [6.07, 6.45) is 4.30. The Morgan fingerprint density at radius 1 is 1.29 bits per heavy atom. The normalized spacial score (nSPS) is 11.7. The van der Waals surface area contributed by atoms with Gasteiger partial charge in [0, 0.05) is 23.4 Å². The van der Waals surface area contributed by atoms with Gasteiger partial charge in [-0.05, 0) is 48.7 Å². The number of nitrogens with one attached hydrogen (secondary N) is 2. The van der Waals surface area contributed by atoms with Gasteiger partial charge in [0.25, 0.3) is 0 Å². The van der Waals surface area contributed by atoms with E-state index in [-0.39, 0.29) is 12.1 Å². The molecule has 1 heterocycles. The van der Waals surface area contributed by atoms with Gasteiger partial charge in [0.1, 0.15) is 0 Å². The van der Waals surface area contributed by atoms with E-state index in [1.54, 1.807) is 12.4 Å². The Hall–Kier alpha value is -1.88. The molecular formula is C16H18BrN3O. The van der Waals surface area contributed by atoms with Crippen LogP contribution >= 0.6 is 15.9 Å². The highest BCUT2D eigenvalue weighted by molar-refractivity contribution is 9.10. The van der Waals surface area contributed by atoms with Crippen LogP contribution in [-0.4, -0.2) is 17.6 Å². The molecule has 0 aliphatic carbocycles. The molecule has 0 unspecified atom stereocenters. The number of hydrogen-bond donors (Lipinski definition) is 2. The molecular weight excluding hydrogens is 330 g/mol. The number of aromatic nitrogens is 1. The van der Waals surface area contributed by atoms with E-state index in [0.29, 0.717) is 6.54 Å². The maximum absolute atomic E-state index is 11.9. The molecule has 2 rings (SSSR count). The number of carbonyl (C=O) groups is 1. The zero-order valence-electron chi connectivity index (χ0n) is 11.8. The van der Waals surface area contributed by atoms with Crippen LogP contribution in [0.2, 0.25) is 0 Å². The van der Waals surface area contributed by atoms with Crippen LogP contribution in [0.25, 0.3) is 0 Å². The monoisotopic (exact) mass is 347 g/mol. The highest BCUT2D eigenvalue weighted by Crippen LogP contribution is 2.17. The number of pyridine rings is 1. The summed E-state index contributed by atoms with van der Waals surface area (Å²) >= 11 is 3.43. The summed E-state index contributed by atoms with van der Waals surface area (Å²) in [4.78, 5) is 15.8. The van der Waals surface area contributed by atoms with Gasteiger partial charge in [-0.15, -0.1) is 0 Å². The first kappa shape index (κ1) is 15.5. The predicted octanol–water partition coefficient (Wildman–Crippen LogP) is 3.45. The van der Waals surface area contributed by atoms with E-state index < -0.39 is 0 Å². The van der Waals surface area contributed by atoms with Crippen molar-refractivity contribution >= 4 is 22.0 Å². The van der Waals surface area contributed by atoms with Crippen LogP contribution in [0, 0.1) is 0 Å². The average Bonchev–Trinajstić information content (AvgIpc) is 2.48. The van der Waals surface area contributed by atoms with Crippen molar-refractivity contribution in [1.29, 1.82) is 0 Å². The van der Waals surface area contributed by atoms with E-state index in [1.807, 2.05) is 43.3 Å². The fraction of sp³-hybridized carbons (Fsp3) is 0.250. The number of rotatable bonds is 5. The molecule has 2 amide bonds. The zero-order valence-corrected chi connectivity index (χ0v) is 13.4. The first-order valence-corrected chi connectivity index (χ1v) is 7.63. The van der Waals surface area contributed by atoms with Crippen molar-refractivity contribution in [1.82, 2.24) is 15.6 Å². The lowest BCUT2D eigenvalue weighted by atomic mass is 10.1. The predicted molar refractivity (Wildman–Crippen MR) is 87.0 cm³/mol. The van der Waals surface area contributed by atoms with Gasteiger partial charge in [-0.25, -0.2) is 4.79 Å². The van der Waals surface area contributed by atoms with Crippen molar-refractivity contribution in [2.75, 3.05) is 6.54 Å². The molecule has 2 aromatic rings. The lowest BCUT2D eigenvalue weighted by molar-refractivity contribution is 0.238. The minimum absolute atomic E-state index is 0.0385. The molecule has 0 aliphatic heterocycles. The topological polar surface area (TPSA) is 54.0 Å². The van der Waals surface area contributed by atoms with E-state index in [0.717, 1.165) is 22.0 Å². The molecule has 0 saturated carbocycles. The third-order valence-electron chi connectivity index (χ3n) is 3.14. The molecule has 0 aliphatic rings. The summed E-state index contributed by atoms with van der Waals surface area (Å²) in [6.45, 7) is 2.56. The number of amides is 2. The summed E-state index contributed by atoms with van der Waals surface area (Å²) in [7, 11) is 0. The van der Waals surface area contributed by atoms with Gasteiger partial charge in [0.15, 0.2) is 0 Å². The van der Waals surface area contributed by atoms with Crippen LogP contribution < -0.4 is 10.6 Å². The fourth-order valence-electron chi connectivity index (χ4n) is 1.98. The average molecular weight is 348 g/mol. The molecule has 1 aromatic heterocycles. The molecule has 5 heteroatoms. The van der Waals surface area contributed by atoms with Crippen molar-refractivity contribution in [3.8, 4) is 0 Å². The molecule has 0 fully saturated rings. The highest BCUT2D eigenvalue weighted by Gasteiger charge is 2.09.